The van der Waals surface area contributed by atoms with Gasteiger partial charge in [-0.3, -0.25) is 9.69 Å². The van der Waals surface area contributed by atoms with Crippen LogP contribution in [0.2, 0.25) is 5.02 Å². The number of fused-ring (bicyclic) bond motifs is 2. The monoisotopic (exact) mass is 785 g/mol. The Morgan fingerprint density at radius 3 is 2.37 bits per heavy atom. The third-order valence-corrected chi connectivity index (χ3v) is 10.8. The summed E-state index contributed by atoms with van der Waals surface area (Å²) < 4.78 is 50.5. The lowest BCUT2D eigenvalue weighted by Crippen LogP contribution is -2.64. The molecular weight excluding hydrogens is 749 g/mol. The van der Waals surface area contributed by atoms with Crippen molar-refractivity contribution in [2.24, 2.45) is 0 Å². The largest absolute Gasteiger partial charge is 0.488 e. The van der Waals surface area contributed by atoms with Gasteiger partial charge in [0.05, 0.1) is 18.7 Å². The highest BCUT2D eigenvalue weighted by molar-refractivity contribution is 6.68. The molecule has 2 unspecified atom stereocenters. The van der Waals surface area contributed by atoms with Crippen LogP contribution in [0.15, 0.2) is 66.2 Å². The zero-order chi connectivity index (χ0) is 37.1. The Kier molecular flexibility index (Phi) is 12.4. The SMILES string of the molecule is CC(Cc1ccccc1Cl)NC(=O)C1=C(c2ccc(CCCOc3c(F)ccc(F)c3F)cc2)CC2CNC[C@H]1N2C(=O)OC(C)(C)C(Cl)(Cl)Cl. The number of rotatable bonds is 11. The molecule has 2 heterocycles. The fraction of sp³-hybridized carbons (Fsp3) is 0.405. The molecule has 14 heteroatoms. The minimum absolute atomic E-state index is 0.0295. The van der Waals surface area contributed by atoms with Crippen molar-refractivity contribution in [1.82, 2.24) is 15.5 Å². The average molecular weight is 788 g/mol. The molecule has 3 atom stereocenters. The Balaban J connectivity index is 1.39. The number of nitrogens with one attached hydrogen (secondary N) is 2. The van der Waals surface area contributed by atoms with Crippen LogP contribution in [-0.4, -0.2) is 64.1 Å². The lowest BCUT2D eigenvalue weighted by atomic mass is 9.82. The minimum atomic E-state index is -1.90. The first-order valence-corrected chi connectivity index (χ1v) is 18.0. The van der Waals surface area contributed by atoms with Gasteiger partial charge >= 0.3 is 6.09 Å². The maximum Gasteiger partial charge on any atom is 0.411 e. The Morgan fingerprint density at radius 2 is 1.69 bits per heavy atom. The molecule has 2 N–H and O–H groups in total. The number of ether oxygens (including phenoxy) is 2. The van der Waals surface area contributed by atoms with Gasteiger partial charge in [0.1, 0.15) is 0 Å². The van der Waals surface area contributed by atoms with E-state index in [0.29, 0.717) is 48.9 Å². The van der Waals surface area contributed by atoms with E-state index in [1.807, 2.05) is 49.4 Å². The molecule has 0 aliphatic carbocycles. The Bertz CT molecular complexity index is 1790. The molecule has 274 valence electrons. The molecule has 5 rings (SSSR count). The van der Waals surface area contributed by atoms with Crippen LogP contribution in [0.1, 0.15) is 50.3 Å². The summed E-state index contributed by atoms with van der Waals surface area (Å²) in [6.07, 6.45) is 1.04. The van der Waals surface area contributed by atoms with E-state index in [0.717, 1.165) is 28.3 Å². The number of halogens is 7. The Labute approximate surface area is 315 Å². The second-order valence-electron chi connectivity index (χ2n) is 13.2. The van der Waals surface area contributed by atoms with Gasteiger partial charge in [-0.1, -0.05) is 88.9 Å². The lowest BCUT2D eigenvalue weighted by molar-refractivity contribution is -0.119. The van der Waals surface area contributed by atoms with E-state index in [4.69, 9.17) is 55.9 Å². The first-order chi connectivity index (χ1) is 24.1. The van der Waals surface area contributed by atoms with Gasteiger partial charge in [0.25, 0.3) is 0 Å². The highest BCUT2D eigenvalue weighted by atomic mass is 35.6. The van der Waals surface area contributed by atoms with Gasteiger partial charge in [-0.15, -0.1) is 0 Å². The first kappa shape index (κ1) is 39.1. The standard InChI is InChI=1S/C37H38Cl4F3N3O4/c1-21(17-24-8-4-5-9-27(24)38)46-34(48)31-26(18-25-19-45-20-30(31)47(25)35(49)51-36(2,3)37(39,40)41)23-12-10-22(11-13-23)7-6-16-50-33-29(43)15-14-28(42)32(33)44/h4-5,8-15,21,25,30,45H,6-7,16-20H2,1-3H3,(H,46,48)/t21?,25?,30-/m1/s1. The first-order valence-electron chi connectivity index (χ1n) is 16.5. The fourth-order valence-corrected chi connectivity index (χ4v) is 6.60. The number of carbonyl (C=O) groups is 2. The molecule has 2 aliphatic heterocycles. The van der Waals surface area contributed by atoms with Crippen molar-refractivity contribution in [1.29, 1.82) is 0 Å². The summed E-state index contributed by atoms with van der Waals surface area (Å²) in [5.74, 6) is -4.60. The predicted octanol–water partition coefficient (Wildman–Crippen LogP) is 8.60. The Morgan fingerprint density at radius 1 is 1.00 bits per heavy atom. The van der Waals surface area contributed by atoms with Gasteiger partial charge in [-0.25, -0.2) is 13.6 Å². The summed E-state index contributed by atoms with van der Waals surface area (Å²) in [5, 5.41) is 7.06. The van der Waals surface area contributed by atoms with Gasteiger partial charge in [0, 0.05) is 29.7 Å². The molecule has 1 saturated heterocycles. The van der Waals surface area contributed by atoms with Crippen molar-refractivity contribution in [3.05, 3.63) is 105 Å². The normalized spacial score (nSPS) is 18.4. The van der Waals surface area contributed by atoms with Crippen LogP contribution in [0, 0.1) is 17.5 Å². The van der Waals surface area contributed by atoms with Crippen LogP contribution < -0.4 is 15.4 Å². The van der Waals surface area contributed by atoms with Crippen molar-refractivity contribution < 1.29 is 32.2 Å². The highest BCUT2D eigenvalue weighted by Crippen LogP contribution is 2.42. The molecule has 3 aromatic rings. The molecule has 0 saturated carbocycles. The molecule has 7 nitrogen and oxygen atoms in total. The molecule has 2 aliphatic rings. The molecule has 3 aromatic carbocycles. The fourth-order valence-electron chi connectivity index (χ4n) is 6.27. The quantitative estimate of drug-likeness (QED) is 0.116. The van der Waals surface area contributed by atoms with Crippen molar-refractivity contribution in [2.75, 3.05) is 19.7 Å². The molecule has 2 amide bonds. The smallest absolute Gasteiger partial charge is 0.411 e. The van der Waals surface area contributed by atoms with Gasteiger partial charge in [-0.2, -0.15) is 4.39 Å². The van der Waals surface area contributed by atoms with Crippen molar-refractivity contribution in [3.8, 4) is 5.75 Å². The second kappa shape index (κ2) is 16.3. The maximum atomic E-state index is 14.2. The molecular formula is C37H38Cl4F3N3O4. The summed E-state index contributed by atoms with van der Waals surface area (Å²) >= 11 is 24.8. The number of alkyl halides is 3. The van der Waals surface area contributed by atoms with Crippen LogP contribution in [-0.2, 0) is 22.4 Å². The predicted molar refractivity (Wildman–Crippen MR) is 194 cm³/mol. The van der Waals surface area contributed by atoms with Crippen molar-refractivity contribution >= 4 is 64.0 Å². The molecule has 0 radical (unpaired) electrons. The van der Waals surface area contributed by atoms with E-state index < -0.39 is 44.7 Å². The Hall–Kier alpha value is -3.15. The average Bonchev–Trinajstić information content (AvgIpc) is 3.06. The van der Waals surface area contributed by atoms with Crippen LogP contribution in [0.25, 0.3) is 5.57 Å². The molecule has 0 spiro atoms. The van der Waals surface area contributed by atoms with Gasteiger partial charge in [-0.05, 0) is 86.9 Å². The van der Waals surface area contributed by atoms with E-state index in [1.165, 1.54) is 13.8 Å². The number of nitrogens with zero attached hydrogens (tertiary/aromatic N) is 1. The number of amides is 2. The van der Waals surface area contributed by atoms with Gasteiger partial charge in [0.2, 0.25) is 15.5 Å². The van der Waals surface area contributed by atoms with E-state index in [9.17, 15) is 22.8 Å². The number of hydrogen-bond donors (Lipinski definition) is 2. The van der Waals surface area contributed by atoms with Crippen molar-refractivity contribution in [2.45, 2.75) is 74.0 Å². The summed E-state index contributed by atoms with van der Waals surface area (Å²) in [7, 11) is 0. The van der Waals surface area contributed by atoms with E-state index in [2.05, 4.69) is 10.6 Å². The number of carbonyl (C=O) groups excluding carboxylic acids is 2. The van der Waals surface area contributed by atoms with Crippen LogP contribution >= 0.6 is 46.4 Å². The molecule has 51 heavy (non-hydrogen) atoms. The van der Waals surface area contributed by atoms with E-state index in [1.54, 1.807) is 11.0 Å². The van der Waals surface area contributed by atoms with Crippen LogP contribution in [0.3, 0.4) is 0 Å². The maximum absolute atomic E-state index is 14.2. The summed E-state index contributed by atoms with van der Waals surface area (Å²) in [6.45, 7) is 5.61. The topological polar surface area (TPSA) is 79.9 Å². The number of aryl methyl sites for hydroxylation is 1. The van der Waals surface area contributed by atoms with Gasteiger partial charge in [0.15, 0.2) is 23.0 Å². The molecule has 2 bridgehead atoms. The molecule has 1 fully saturated rings. The third-order valence-electron chi connectivity index (χ3n) is 9.05. The zero-order valence-corrected chi connectivity index (χ0v) is 31.2. The lowest BCUT2D eigenvalue weighted by Gasteiger charge is -2.48. The number of benzene rings is 3. The zero-order valence-electron chi connectivity index (χ0n) is 28.2. The number of piperazine rings is 1. The summed E-state index contributed by atoms with van der Waals surface area (Å²) in [4.78, 5) is 29.6. The summed E-state index contributed by atoms with van der Waals surface area (Å²) in [5.41, 5.74) is 2.33. The van der Waals surface area contributed by atoms with Crippen LogP contribution in [0.4, 0.5) is 18.0 Å². The minimum Gasteiger partial charge on any atom is -0.488 e. The summed E-state index contributed by atoms with van der Waals surface area (Å²) in [6, 6.07) is 15.2. The van der Waals surface area contributed by atoms with E-state index >= 15 is 0 Å². The second-order valence-corrected chi connectivity index (χ2v) is 15.9. The van der Waals surface area contributed by atoms with Crippen molar-refractivity contribution in [3.63, 3.8) is 0 Å². The number of hydrogen-bond acceptors (Lipinski definition) is 5. The van der Waals surface area contributed by atoms with Crippen LogP contribution in [0.5, 0.6) is 5.75 Å². The molecule has 0 aromatic heterocycles. The van der Waals surface area contributed by atoms with Gasteiger partial charge < -0.3 is 20.1 Å². The van der Waals surface area contributed by atoms with E-state index in [-0.39, 0.29) is 31.1 Å². The third kappa shape index (κ3) is 9.08. The highest BCUT2D eigenvalue weighted by Gasteiger charge is 2.49.